The van der Waals surface area contributed by atoms with E-state index < -0.39 is 11.9 Å². The molecule has 1 heterocycles. The highest BCUT2D eigenvalue weighted by Crippen LogP contribution is 2.22. The lowest BCUT2D eigenvalue weighted by Gasteiger charge is -2.14. The van der Waals surface area contributed by atoms with Crippen molar-refractivity contribution >= 4 is 39.9 Å². The minimum atomic E-state index is -0.764. The lowest BCUT2D eigenvalue weighted by molar-refractivity contribution is -0.120. The van der Waals surface area contributed by atoms with Crippen LogP contribution in [0.4, 0.5) is 5.69 Å². The Balaban J connectivity index is 1.93. The number of hydrogen-bond donors (Lipinski definition) is 2. The number of carbonyl (C=O) groups excluding carboxylic acids is 2. The number of amides is 2. The van der Waals surface area contributed by atoms with E-state index in [1.165, 1.54) is 10.8 Å². The SMILES string of the molecule is C[C@H](C(N)=O)n1ccc2c(NC(=O)Cc3ccccc3Cl)cccc2c1=O. The molecule has 0 fully saturated rings. The third-order valence-electron chi connectivity index (χ3n) is 4.38. The van der Waals surface area contributed by atoms with Crippen LogP contribution in [0.5, 0.6) is 0 Å². The largest absolute Gasteiger partial charge is 0.368 e. The van der Waals surface area contributed by atoms with E-state index in [9.17, 15) is 14.4 Å². The molecule has 0 spiro atoms. The molecule has 3 N–H and O–H groups in total. The summed E-state index contributed by atoms with van der Waals surface area (Å²) in [6, 6.07) is 13.1. The number of anilines is 1. The molecule has 7 heteroatoms. The highest BCUT2D eigenvalue weighted by Gasteiger charge is 2.15. The molecule has 138 valence electrons. The van der Waals surface area contributed by atoms with Gasteiger partial charge in [0.25, 0.3) is 5.56 Å². The van der Waals surface area contributed by atoms with Crippen molar-refractivity contribution in [3.05, 3.63) is 75.7 Å². The Morgan fingerprint density at radius 3 is 2.56 bits per heavy atom. The minimum absolute atomic E-state index is 0.117. The molecule has 1 atom stereocenters. The first kappa shape index (κ1) is 18.7. The number of carbonyl (C=O) groups is 2. The molecule has 0 aliphatic carbocycles. The van der Waals surface area contributed by atoms with Crippen LogP contribution < -0.4 is 16.6 Å². The van der Waals surface area contributed by atoms with Crippen LogP contribution >= 0.6 is 11.6 Å². The number of primary amides is 1. The Morgan fingerprint density at radius 2 is 1.85 bits per heavy atom. The van der Waals surface area contributed by atoms with Gasteiger partial charge in [0.05, 0.1) is 6.42 Å². The predicted octanol–water partition coefficient (Wildman–Crippen LogP) is 2.88. The van der Waals surface area contributed by atoms with Crippen molar-refractivity contribution < 1.29 is 9.59 Å². The molecule has 1 aromatic heterocycles. The molecule has 0 bridgehead atoms. The van der Waals surface area contributed by atoms with Gasteiger partial charge in [0, 0.05) is 27.7 Å². The maximum absolute atomic E-state index is 12.7. The Labute approximate surface area is 160 Å². The Bertz CT molecular complexity index is 1090. The molecule has 6 nitrogen and oxygen atoms in total. The molecule has 3 rings (SSSR count). The first-order valence-corrected chi connectivity index (χ1v) is 8.72. The zero-order valence-corrected chi connectivity index (χ0v) is 15.4. The predicted molar refractivity (Wildman–Crippen MR) is 106 cm³/mol. The lowest BCUT2D eigenvalue weighted by atomic mass is 10.1. The van der Waals surface area contributed by atoms with Crippen molar-refractivity contribution in [2.45, 2.75) is 19.4 Å². The number of rotatable bonds is 5. The normalized spacial score (nSPS) is 11.9. The quantitative estimate of drug-likeness (QED) is 0.709. The van der Waals surface area contributed by atoms with Gasteiger partial charge in [-0.1, -0.05) is 35.9 Å². The molecule has 0 unspecified atom stereocenters. The van der Waals surface area contributed by atoms with Gasteiger partial charge in [-0.15, -0.1) is 0 Å². The van der Waals surface area contributed by atoms with E-state index in [0.717, 1.165) is 5.56 Å². The van der Waals surface area contributed by atoms with E-state index in [1.54, 1.807) is 49.4 Å². The minimum Gasteiger partial charge on any atom is -0.368 e. The number of nitrogens with zero attached hydrogens (tertiary/aromatic N) is 1. The third kappa shape index (κ3) is 3.85. The van der Waals surface area contributed by atoms with Crippen LogP contribution in [0, 0.1) is 0 Å². The van der Waals surface area contributed by atoms with Gasteiger partial charge >= 0.3 is 0 Å². The number of hydrogen-bond acceptors (Lipinski definition) is 3. The fourth-order valence-corrected chi connectivity index (χ4v) is 3.06. The Hall–Kier alpha value is -3.12. The molecule has 0 saturated heterocycles. The van der Waals surface area contributed by atoms with Crippen LogP contribution in [0.25, 0.3) is 10.8 Å². The van der Waals surface area contributed by atoms with Crippen molar-refractivity contribution in [2.24, 2.45) is 5.73 Å². The van der Waals surface area contributed by atoms with Gasteiger partial charge in [0.1, 0.15) is 6.04 Å². The standard InChI is InChI=1S/C20H18ClN3O3/c1-12(19(22)26)24-10-9-14-15(20(24)27)6-4-8-17(14)23-18(25)11-13-5-2-3-7-16(13)21/h2-10,12H,11H2,1H3,(H2,22,26)(H,23,25)/t12-/m1/s1. The van der Waals surface area contributed by atoms with Crippen LogP contribution in [0.3, 0.4) is 0 Å². The van der Waals surface area contributed by atoms with Crippen LogP contribution in [0.2, 0.25) is 5.02 Å². The molecule has 2 amide bonds. The highest BCUT2D eigenvalue weighted by atomic mass is 35.5. The fraction of sp³-hybridized carbons (Fsp3) is 0.150. The van der Waals surface area contributed by atoms with Crippen LogP contribution in [-0.2, 0) is 16.0 Å². The summed E-state index contributed by atoms with van der Waals surface area (Å²) in [5.41, 5.74) is 6.18. The molecule has 0 aliphatic rings. The first-order chi connectivity index (χ1) is 12.9. The van der Waals surface area contributed by atoms with Gasteiger partial charge in [-0.3, -0.25) is 14.4 Å². The smallest absolute Gasteiger partial charge is 0.259 e. The second kappa shape index (κ2) is 7.63. The highest BCUT2D eigenvalue weighted by molar-refractivity contribution is 6.31. The number of nitrogens with two attached hydrogens (primary N) is 1. The number of pyridine rings is 1. The van der Waals surface area contributed by atoms with E-state index >= 15 is 0 Å². The van der Waals surface area contributed by atoms with Gasteiger partial charge in [-0.2, -0.15) is 0 Å². The third-order valence-corrected chi connectivity index (χ3v) is 4.75. The summed E-state index contributed by atoms with van der Waals surface area (Å²) in [6.45, 7) is 1.56. The summed E-state index contributed by atoms with van der Waals surface area (Å²) >= 11 is 6.10. The van der Waals surface area contributed by atoms with Gasteiger partial charge in [0.2, 0.25) is 11.8 Å². The summed E-state index contributed by atoms with van der Waals surface area (Å²) in [5.74, 6) is -0.842. The summed E-state index contributed by atoms with van der Waals surface area (Å²) in [6.07, 6.45) is 1.62. The van der Waals surface area contributed by atoms with E-state index in [-0.39, 0.29) is 17.9 Å². The van der Waals surface area contributed by atoms with Gasteiger partial charge in [-0.25, -0.2) is 0 Å². The number of aromatic nitrogens is 1. The summed E-state index contributed by atoms with van der Waals surface area (Å²) < 4.78 is 1.28. The summed E-state index contributed by atoms with van der Waals surface area (Å²) in [5, 5.41) is 4.32. The number of benzene rings is 2. The average molecular weight is 384 g/mol. The molecular weight excluding hydrogens is 366 g/mol. The zero-order valence-electron chi connectivity index (χ0n) is 14.6. The Kier molecular flexibility index (Phi) is 5.28. The monoisotopic (exact) mass is 383 g/mol. The maximum Gasteiger partial charge on any atom is 0.259 e. The zero-order chi connectivity index (χ0) is 19.6. The molecular formula is C20H18ClN3O3. The van der Waals surface area contributed by atoms with Crippen LogP contribution in [0.1, 0.15) is 18.5 Å². The van der Waals surface area contributed by atoms with Gasteiger partial charge < -0.3 is 15.6 Å². The van der Waals surface area contributed by atoms with Crippen molar-refractivity contribution in [3.8, 4) is 0 Å². The molecule has 2 aromatic carbocycles. The van der Waals surface area contributed by atoms with Crippen molar-refractivity contribution in [1.29, 1.82) is 0 Å². The molecule has 3 aromatic rings. The average Bonchev–Trinajstić information content (AvgIpc) is 2.64. The number of nitrogens with one attached hydrogen (secondary N) is 1. The van der Waals surface area contributed by atoms with E-state index in [0.29, 0.717) is 21.5 Å². The summed E-state index contributed by atoms with van der Waals surface area (Å²) in [7, 11) is 0. The number of halogens is 1. The lowest BCUT2D eigenvalue weighted by Crippen LogP contribution is -2.31. The molecule has 0 aliphatic heterocycles. The second-order valence-electron chi connectivity index (χ2n) is 6.19. The summed E-state index contributed by atoms with van der Waals surface area (Å²) in [4.78, 5) is 36.5. The van der Waals surface area contributed by atoms with Crippen molar-refractivity contribution in [2.75, 3.05) is 5.32 Å². The Morgan fingerprint density at radius 1 is 1.11 bits per heavy atom. The van der Waals surface area contributed by atoms with E-state index in [2.05, 4.69) is 5.32 Å². The van der Waals surface area contributed by atoms with Crippen LogP contribution in [0.15, 0.2) is 59.5 Å². The van der Waals surface area contributed by atoms with Crippen molar-refractivity contribution in [3.63, 3.8) is 0 Å². The van der Waals surface area contributed by atoms with E-state index in [1.807, 2.05) is 6.07 Å². The van der Waals surface area contributed by atoms with E-state index in [4.69, 9.17) is 17.3 Å². The van der Waals surface area contributed by atoms with Crippen molar-refractivity contribution in [1.82, 2.24) is 4.57 Å². The fourth-order valence-electron chi connectivity index (χ4n) is 2.85. The van der Waals surface area contributed by atoms with Crippen LogP contribution in [-0.4, -0.2) is 16.4 Å². The number of fused-ring (bicyclic) bond motifs is 1. The maximum atomic E-state index is 12.7. The molecule has 27 heavy (non-hydrogen) atoms. The second-order valence-corrected chi connectivity index (χ2v) is 6.60. The molecule has 0 saturated carbocycles. The topological polar surface area (TPSA) is 94.2 Å². The molecule has 0 radical (unpaired) electrons. The van der Waals surface area contributed by atoms with Gasteiger partial charge in [-0.05, 0) is 36.8 Å². The van der Waals surface area contributed by atoms with Gasteiger partial charge in [0.15, 0.2) is 0 Å². The first-order valence-electron chi connectivity index (χ1n) is 8.35.